The average Bonchev–Trinajstić information content (AvgIpc) is 3.82. The van der Waals surface area contributed by atoms with Crippen molar-refractivity contribution < 1.29 is 0 Å². The van der Waals surface area contributed by atoms with Gasteiger partial charge in [0.05, 0.1) is 22.1 Å². The van der Waals surface area contributed by atoms with Crippen LogP contribution in [0, 0.1) is 23.7 Å². The van der Waals surface area contributed by atoms with E-state index < -0.39 is 0 Å². The van der Waals surface area contributed by atoms with Crippen molar-refractivity contribution >= 4 is 43.6 Å². The molecule has 2 heteroatoms. The molecule has 4 saturated carbocycles. The number of benzene rings is 8. The van der Waals surface area contributed by atoms with Gasteiger partial charge in [0, 0.05) is 38.3 Å². The molecule has 0 radical (unpaired) electrons. The molecule has 0 aliphatic heterocycles. The minimum atomic E-state index is 0.0462. The van der Waals surface area contributed by atoms with Crippen LogP contribution in [0.3, 0.4) is 0 Å². The first-order valence-electron chi connectivity index (χ1n) is 22.1. The highest BCUT2D eigenvalue weighted by molar-refractivity contribution is 6.11. The summed E-state index contributed by atoms with van der Waals surface area (Å²) in [6, 6.07) is 73.1. The third kappa shape index (κ3) is 5.00. The third-order valence-electron chi connectivity index (χ3n) is 15.2. The predicted octanol–water partition coefficient (Wildman–Crippen LogP) is 15.0. The van der Waals surface area contributed by atoms with Gasteiger partial charge >= 0.3 is 0 Å². The number of aromatic nitrogens is 2. The molecule has 4 aliphatic rings. The molecule has 0 N–H and O–H groups in total. The monoisotopic (exact) mass is 770 g/mol. The number of para-hydroxylation sites is 4. The smallest absolute Gasteiger partial charge is 0.0541 e. The van der Waals surface area contributed by atoms with E-state index in [1.54, 1.807) is 0 Å². The Hall–Kier alpha value is -6.64. The molecule has 8 aromatic carbocycles. The molecule has 4 bridgehead atoms. The summed E-state index contributed by atoms with van der Waals surface area (Å²) < 4.78 is 4.81. The van der Waals surface area contributed by atoms with Crippen LogP contribution in [0.2, 0.25) is 0 Å². The van der Waals surface area contributed by atoms with Crippen molar-refractivity contribution in [2.75, 3.05) is 0 Å². The van der Waals surface area contributed by atoms with Gasteiger partial charge in [0.25, 0.3) is 0 Å². The Morgan fingerprint density at radius 2 is 0.683 bits per heavy atom. The first kappa shape index (κ1) is 34.2. The van der Waals surface area contributed by atoms with Gasteiger partial charge < -0.3 is 9.13 Å². The molecular weight excluding hydrogens is 725 g/mol. The van der Waals surface area contributed by atoms with Crippen LogP contribution in [0.1, 0.15) is 43.2 Å². The van der Waals surface area contributed by atoms with Crippen LogP contribution in [-0.2, 0) is 5.41 Å². The third-order valence-corrected chi connectivity index (χ3v) is 15.2. The van der Waals surface area contributed by atoms with Crippen molar-refractivity contribution in [2.24, 2.45) is 23.7 Å². The quantitative estimate of drug-likeness (QED) is 0.159. The van der Waals surface area contributed by atoms with Crippen LogP contribution in [-0.4, -0.2) is 9.13 Å². The minimum absolute atomic E-state index is 0.0462. The molecule has 0 atom stereocenters. The van der Waals surface area contributed by atoms with E-state index >= 15 is 0 Å². The summed E-state index contributed by atoms with van der Waals surface area (Å²) in [6.07, 6.45) is 6.90. The van der Waals surface area contributed by atoms with Gasteiger partial charge in [0.15, 0.2) is 0 Å². The van der Waals surface area contributed by atoms with Crippen molar-refractivity contribution in [3.05, 3.63) is 205 Å². The van der Waals surface area contributed by atoms with Crippen molar-refractivity contribution in [3.8, 4) is 33.6 Å². The van der Waals surface area contributed by atoms with Crippen LogP contribution in [0.5, 0.6) is 0 Å². The van der Waals surface area contributed by atoms with E-state index in [1.165, 1.54) is 120 Å². The van der Waals surface area contributed by atoms with Crippen LogP contribution < -0.4 is 0 Å². The minimum Gasteiger partial charge on any atom is -0.309 e. The topological polar surface area (TPSA) is 9.86 Å². The van der Waals surface area contributed by atoms with E-state index in [-0.39, 0.29) is 5.41 Å². The zero-order valence-corrected chi connectivity index (χ0v) is 33.7. The van der Waals surface area contributed by atoms with Crippen LogP contribution >= 0.6 is 0 Å². The molecule has 4 aliphatic carbocycles. The summed E-state index contributed by atoms with van der Waals surface area (Å²) in [6.45, 7) is 0. The SMILES string of the molecule is c1ccc(-n2c3ccccc3c3cc(-c4ccc(C5(c6ccc(-c7ccc8c(c7)c7ccccc7n8-c7ccccc7)cc6)C6CC7CC(C6)CC5C7)cc4)ccc32)cc1. The van der Waals surface area contributed by atoms with E-state index in [1.807, 2.05) is 0 Å². The zero-order valence-electron chi connectivity index (χ0n) is 33.7. The molecule has 0 amide bonds. The maximum absolute atomic E-state index is 2.51. The lowest BCUT2D eigenvalue weighted by Crippen LogP contribution is -2.56. The van der Waals surface area contributed by atoms with Crippen molar-refractivity contribution in [1.29, 1.82) is 0 Å². The second-order valence-corrected chi connectivity index (χ2v) is 18.2. The summed E-state index contributed by atoms with van der Waals surface area (Å²) in [5, 5.41) is 5.19. The van der Waals surface area contributed by atoms with Gasteiger partial charge in [-0.25, -0.2) is 0 Å². The highest BCUT2D eigenvalue weighted by atomic mass is 15.0. The molecule has 0 spiro atoms. The van der Waals surface area contributed by atoms with Crippen molar-refractivity contribution in [2.45, 2.75) is 37.5 Å². The number of hydrogen-bond donors (Lipinski definition) is 0. The van der Waals surface area contributed by atoms with E-state index in [0.717, 1.165) is 11.8 Å². The molecular formula is C58H46N2. The zero-order chi connectivity index (χ0) is 39.4. The summed E-state index contributed by atoms with van der Waals surface area (Å²) in [5.74, 6) is 3.17. The Morgan fingerprint density at radius 1 is 0.317 bits per heavy atom. The maximum Gasteiger partial charge on any atom is 0.0541 e. The fourth-order valence-electron chi connectivity index (χ4n) is 12.9. The van der Waals surface area contributed by atoms with E-state index in [0.29, 0.717) is 11.8 Å². The average molecular weight is 771 g/mol. The first-order chi connectivity index (χ1) is 29.7. The van der Waals surface area contributed by atoms with Crippen LogP contribution in [0.25, 0.3) is 77.2 Å². The highest BCUT2D eigenvalue weighted by Crippen LogP contribution is 2.65. The predicted molar refractivity (Wildman–Crippen MR) is 250 cm³/mol. The van der Waals surface area contributed by atoms with Gasteiger partial charge in [0.2, 0.25) is 0 Å². The summed E-state index contributed by atoms with van der Waals surface area (Å²) in [4.78, 5) is 0. The molecule has 4 fully saturated rings. The molecule has 0 unspecified atom stereocenters. The molecule has 10 aromatic rings. The van der Waals surface area contributed by atoms with Crippen molar-refractivity contribution in [1.82, 2.24) is 9.13 Å². The number of hydrogen-bond acceptors (Lipinski definition) is 0. The Kier molecular flexibility index (Phi) is 7.52. The lowest BCUT2D eigenvalue weighted by Gasteiger charge is -2.62. The van der Waals surface area contributed by atoms with Gasteiger partial charge in [-0.3, -0.25) is 0 Å². The van der Waals surface area contributed by atoms with Gasteiger partial charge in [-0.15, -0.1) is 0 Å². The number of nitrogens with zero attached hydrogens (tertiary/aromatic N) is 2. The lowest BCUT2D eigenvalue weighted by molar-refractivity contribution is -0.0418. The molecule has 288 valence electrons. The fourth-order valence-corrected chi connectivity index (χ4v) is 12.9. The molecule has 2 nitrogen and oxygen atoms in total. The van der Waals surface area contributed by atoms with Crippen molar-refractivity contribution in [3.63, 3.8) is 0 Å². The molecule has 2 heterocycles. The normalized spacial score (nSPS) is 20.5. The molecule has 0 saturated heterocycles. The highest BCUT2D eigenvalue weighted by Gasteiger charge is 2.58. The van der Waals surface area contributed by atoms with E-state index in [4.69, 9.17) is 0 Å². The first-order valence-corrected chi connectivity index (χ1v) is 22.1. The summed E-state index contributed by atoms with van der Waals surface area (Å²) >= 11 is 0. The Balaban J connectivity index is 0.889. The fraction of sp³-hybridized carbons (Fsp3) is 0.172. The summed E-state index contributed by atoms with van der Waals surface area (Å²) in [7, 11) is 0. The summed E-state index contributed by atoms with van der Waals surface area (Å²) in [5.41, 5.74) is 15.6. The van der Waals surface area contributed by atoms with Crippen LogP contribution in [0.4, 0.5) is 0 Å². The molecule has 60 heavy (non-hydrogen) atoms. The lowest BCUT2D eigenvalue weighted by atomic mass is 9.42. The molecule has 14 rings (SSSR count). The van der Waals surface area contributed by atoms with Crippen LogP contribution in [0.15, 0.2) is 194 Å². The number of fused-ring (bicyclic) bond motifs is 6. The number of rotatable bonds is 6. The van der Waals surface area contributed by atoms with Gasteiger partial charge in [-0.05, 0) is 150 Å². The maximum atomic E-state index is 2.51. The second-order valence-electron chi connectivity index (χ2n) is 18.2. The van der Waals surface area contributed by atoms with Gasteiger partial charge in [-0.1, -0.05) is 133 Å². The standard InChI is InChI=1S/C58H46N2/c1-3-11-48(12-4-1)59-54-17-9-7-15-50(54)52-36-42(23-29-56(52)59)40-19-25-44(26-20-40)58(46-32-38-31-39(34-46)35-47(58)33-38)45-27-21-41(22-28-45)43-24-30-57-53(37-43)51-16-8-10-18-55(51)60(57)49-13-5-2-6-14-49/h1-30,36-39,46-47H,31-35H2. The van der Waals surface area contributed by atoms with Gasteiger partial charge in [-0.2, -0.15) is 0 Å². The Labute approximate surface area is 351 Å². The van der Waals surface area contributed by atoms with E-state index in [9.17, 15) is 0 Å². The second kappa shape index (κ2) is 13.2. The molecule has 2 aromatic heterocycles. The van der Waals surface area contributed by atoms with E-state index in [2.05, 4.69) is 203 Å². The Bertz CT molecular complexity index is 3010. The largest absolute Gasteiger partial charge is 0.309 e. The Morgan fingerprint density at radius 3 is 1.12 bits per heavy atom. The van der Waals surface area contributed by atoms with Gasteiger partial charge in [0.1, 0.15) is 0 Å².